The van der Waals surface area contributed by atoms with E-state index >= 15 is 0 Å². The number of alkyl carbamates (subject to hydrolysis) is 1. The molecule has 4 aromatic heterocycles. The van der Waals surface area contributed by atoms with Crippen molar-refractivity contribution in [2.45, 2.75) is 39.5 Å². The summed E-state index contributed by atoms with van der Waals surface area (Å²) < 4.78 is 8.94. The highest BCUT2D eigenvalue weighted by molar-refractivity contribution is 6.35. The lowest BCUT2D eigenvalue weighted by Gasteiger charge is -2.19. The second-order valence-corrected chi connectivity index (χ2v) is 9.48. The van der Waals surface area contributed by atoms with E-state index in [1.807, 2.05) is 68.5 Å². The van der Waals surface area contributed by atoms with Crippen molar-refractivity contribution in [1.29, 1.82) is 0 Å². The third kappa shape index (κ3) is 6.76. The second-order valence-electron chi connectivity index (χ2n) is 8.66. The molecule has 0 bridgehead atoms. The minimum absolute atomic E-state index is 0. The molecule has 0 spiro atoms. The van der Waals surface area contributed by atoms with E-state index in [1.165, 1.54) is 0 Å². The summed E-state index contributed by atoms with van der Waals surface area (Å²) in [5.41, 5.74) is 8.58. The van der Waals surface area contributed by atoms with Gasteiger partial charge < -0.3 is 24.9 Å². The maximum Gasteiger partial charge on any atom is 0.407 e. The third-order valence-electron chi connectivity index (χ3n) is 4.71. The van der Waals surface area contributed by atoms with Crippen molar-refractivity contribution >= 4 is 63.8 Å². The van der Waals surface area contributed by atoms with Gasteiger partial charge in [0.25, 0.3) is 0 Å². The number of hydrogen-bond acceptors (Lipinski definition) is 5. The fourth-order valence-corrected chi connectivity index (χ4v) is 3.78. The van der Waals surface area contributed by atoms with Gasteiger partial charge in [0, 0.05) is 62.7 Å². The smallest absolute Gasteiger partial charge is 0.407 e. The Kier molecular flexibility index (Phi) is 9.19. The lowest BCUT2D eigenvalue weighted by molar-refractivity contribution is 0.0523. The molecule has 0 aromatic carbocycles. The van der Waals surface area contributed by atoms with Crippen molar-refractivity contribution in [1.82, 2.24) is 24.4 Å². The fourth-order valence-electron chi connectivity index (χ4n) is 3.21. The normalized spacial score (nSPS) is 11.1. The zero-order chi connectivity index (χ0) is 24.3. The van der Waals surface area contributed by atoms with E-state index in [2.05, 4.69) is 15.3 Å². The first kappa shape index (κ1) is 27.7. The molecule has 4 aromatic rings. The quantitative estimate of drug-likeness (QED) is 0.374. The van der Waals surface area contributed by atoms with Gasteiger partial charge in [-0.1, -0.05) is 23.2 Å². The largest absolute Gasteiger partial charge is 0.444 e. The minimum Gasteiger partial charge on any atom is -0.444 e. The average molecular weight is 528 g/mol. The van der Waals surface area contributed by atoms with E-state index in [0.717, 1.165) is 38.2 Å². The Morgan fingerprint density at radius 3 is 1.94 bits per heavy atom. The van der Waals surface area contributed by atoms with Crippen molar-refractivity contribution in [2.24, 2.45) is 19.8 Å². The molecule has 4 heterocycles. The fraction of sp³-hybridized carbons (Fsp3) is 0.348. The highest BCUT2D eigenvalue weighted by Gasteiger charge is 2.16. The summed E-state index contributed by atoms with van der Waals surface area (Å²) in [5, 5.41) is 5.90. The first-order chi connectivity index (χ1) is 15.5. The Bertz CT molecular complexity index is 1290. The molecule has 0 radical (unpaired) electrons. The van der Waals surface area contributed by atoms with Gasteiger partial charge in [-0.3, -0.25) is 0 Å². The molecule has 0 unspecified atom stereocenters. The van der Waals surface area contributed by atoms with Gasteiger partial charge in [0.1, 0.15) is 16.9 Å². The number of aromatic nitrogens is 4. The summed E-state index contributed by atoms with van der Waals surface area (Å²) in [6, 6.07) is 3.90. The Balaban J connectivity index is 0.000000253. The van der Waals surface area contributed by atoms with Crippen LogP contribution < -0.4 is 11.1 Å². The highest BCUT2D eigenvalue weighted by Crippen LogP contribution is 2.25. The number of fused-ring (bicyclic) bond motifs is 2. The Morgan fingerprint density at radius 1 is 1.00 bits per heavy atom. The van der Waals surface area contributed by atoms with Crippen LogP contribution in [-0.4, -0.2) is 30.8 Å². The van der Waals surface area contributed by atoms with Gasteiger partial charge in [-0.25, -0.2) is 14.8 Å². The van der Waals surface area contributed by atoms with E-state index < -0.39 is 11.7 Å². The standard InChI is InChI=1S/C14H18ClN3O2.C9H10ClN3.ClH/c1-14(2,3)20-13(19)17-7-9-5-10-11(15)8-18(4)12(10)16-6-9;1-13-5-8(10)7-2-6(3-11)4-12-9(7)13;/h5-6,8H,7H2,1-4H3,(H,17,19);2,4-5H,3,11H2,1H3;1H. The van der Waals surface area contributed by atoms with E-state index in [1.54, 1.807) is 12.4 Å². The SMILES string of the molecule is Cl.Cn1cc(Cl)c2cc(CN)cnc21.Cn1cc(Cl)c2cc(CNC(=O)OC(C)(C)C)cnc21. The number of pyridine rings is 2. The molecule has 0 aliphatic rings. The predicted octanol–water partition coefficient (Wildman–Crippen LogP) is 5.36. The molecule has 3 N–H and O–H groups in total. The minimum atomic E-state index is -0.505. The van der Waals surface area contributed by atoms with Gasteiger partial charge in [-0.15, -0.1) is 12.4 Å². The molecule has 8 nitrogen and oxygen atoms in total. The number of amides is 1. The van der Waals surface area contributed by atoms with Crippen LogP contribution in [0, 0.1) is 0 Å². The van der Waals surface area contributed by atoms with Crippen LogP contribution >= 0.6 is 35.6 Å². The summed E-state index contributed by atoms with van der Waals surface area (Å²) in [6.07, 6.45) is 6.70. The number of carbonyl (C=O) groups is 1. The molecule has 11 heteroatoms. The molecule has 0 aliphatic heterocycles. The van der Waals surface area contributed by atoms with Crippen LogP contribution in [0.3, 0.4) is 0 Å². The van der Waals surface area contributed by atoms with Gasteiger partial charge in [-0.2, -0.15) is 0 Å². The first-order valence-electron chi connectivity index (χ1n) is 10.3. The Hall–Kier alpha value is -2.52. The summed E-state index contributed by atoms with van der Waals surface area (Å²) in [5.74, 6) is 0. The molecular formula is C23H29Cl3N6O2. The zero-order valence-corrected chi connectivity index (χ0v) is 22.1. The Labute approximate surface area is 214 Å². The monoisotopic (exact) mass is 526 g/mol. The molecule has 0 saturated heterocycles. The summed E-state index contributed by atoms with van der Waals surface area (Å²) >= 11 is 12.1. The number of nitrogens with two attached hydrogens (primary N) is 1. The molecule has 4 rings (SSSR count). The van der Waals surface area contributed by atoms with Gasteiger partial charge >= 0.3 is 6.09 Å². The maximum absolute atomic E-state index is 11.6. The number of carbonyl (C=O) groups excluding carboxylic acids is 1. The molecule has 0 aliphatic carbocycles. The number of aryl methyl sites for hydroxylation is 2. The number of nitrogens with zero attached hydrogens (tertiary/aromatic N) is 4. The summed E-state index contributed by atoms with van der Waals surface area (Å²) in [6.45, 7) is 6.31. The second kappa shape index (κ2) is 11.3. The number of nitrogens with one attached hydrogen (secondary N) is 1. The van der Waals surface area contributed by atoms with Crippen LogP contribution in [0.5, 0.6) is 0 Å². The van der Waals surface area contributed by atoms with Gasteiger partial charge in [0.15, 0.2) is 0 Å². The van der Waals surface area contributed by atoms with Crippen molar-refractivity contribution in [3.05, 3.63) is 58.1 Å². The average Bonchev–Trinajstić information content (AvgIpc) is 3.19. The van der Waals surface area contributed by atoms with Crippen molar-refractivity contribution in [3.63, 3.8) is 0 Å². The van der Waals surface area contributed by atoms with Gasteiger partial charge in [-0.05, 0) is 44.0 Å². The molecule has 0 fully saturated rings. The van der Waals surface area contributed by atoms with E-state index in [-0.39, 0.29) is 12.4 Å². The van der Waals surface area contributed by atoms with Crippen LogP contribution in [-0.2, 0) is 31.9 Å². The lowest BCUT2D eigenvalue weighted by atomic mass is 10.2. The molecule has 1 amide bonds. The van der Waals surface area contributed by atoms with Crippen molar-refractivity contribution in [3.8, 4) is 0 Å². The molecule has 34 heavy (non-hydrogen) atoms. The van der Waals surface area contributed by atoms with Crippen LogP contribution in [0.1, 0.15) is 31.9 Å². The van der Waals surface area contributed by atoms with Crippen LogP contribution in [0.2, 0.25) is 10.0 Å². The molecule has 184 valence electrons. The molecule has 0 saturated carbocycles. The van der Waals surface area contributed by atoms with Crippen LogP contribution in [0.25, 0.3) is 22.1 Å². The van der Waals surface area contributed by atoms with Crippen molar-refractivity contribution in [2.75, 3.05) is 0 Å². The number of ether oxygens (including phenoxy) is 1. The summed E-state index contributed by atoms with van der Waals surface area (Å²) in [4.78, 5) is 20.2. The number of rotatable bonds is 3. The highest BCUT2D eigenvalue weighted by atomic mass is 35.5. The van der Waals surface area contributed by atoms with E-state index in [0.29, 0.717) is 18.1 Å². The third-order valence-corrected chi connectivity index (χ3v) is 5.32. The van der Waals surface area contributed by atoms with E-state index in [4.69, 9.17) is 33.7 Å². The van der Waals surface area contributed by atoms with Crippen LogP contribution in [0.4, 0.5) is 4.79 Å². The van der Waals surface area contributed by atoms with Gasteiger partial charge in [0.2, 0.25) is 0 Å². The van der Waals surface area contributed by atoms with Crippen LogP contribution in [0.15, 0.2) is 36.9 Å². The summed E-state index contributed by atoms with van der Waals surface area (Å²) in [7, 11) is 3.81. The van der Waals surface area contributed by atoms with Crippen molar-refractivity contribution < 1.29 is 9.53 Å². The molecular weight excluding hydrogens is 499 g/mol. The van der Waals surface area contributed by atoms with Gasteiger partial charge in [0.05, 0.1) is 10.0 Å². The Morgan fingerprint density at radius 2 is 1.47 bits per heavy atom. The number of hydrogen-bond donors (Lipinski definition) is 2. The predicted molar refractivity (Wildman–Crippen MR) is 140 cm³/mol. The zero-order valence-electron chi connectivity index (χ0n) is 19.7. The lowest BCUT2D eigenvalue weighted by Crippen LogP contribution is -2.32. The topological polar surface area (TPSA) is 100.0 Å². The number of halogens is 3. The molecule has 0 atom stereocenters. The maximum atomic E-state index is 11.6. The van der Waals surface area contributed by atoms with E-state index in [9.17, 15) is 4.79 Å². The first-order valence-corrected chi connectivity index (χ1v) is 11.1.